The van der Waals surface area contributed by atoms with Crippen molar-refractivity contribution in [2.45, 2.75) is 26.5 Å². The summed E-state index contributed by atoms with van der Waals surface area (Å²) in [7, 11) is 1.56. The Bertz CT molecular complexity index is 727. The maximum absolute atomic E-state index is 11.7. The monoisotopic (exact) mass is 333 g/mol. The standard InChI is InChI=1S/C14H19N7O3/c1-9(2)24-11-5-4-10(6-12(11)23-3)7-16-17-13(22)8-21-14(15)18-19-20-21/h4-7,9H,8H2,1-3H3,(H,17,22)(H2,15,18,20). The first-order valence-electron chi connectivity index (χ1n) is 7.18. The van der Waals surface area contributed by atoms with Gasteiger partial charge in [-0.3, -0.25) is 4.79 Å². The predicted molar refractivity (Wildman–Crippen MR) is 86.7 cm³/mol. The molecule has 10 heteroatoms. The van der Waals surface area contributed by atoms with Gasteiger partial charge in [0, 0.05) is 0 Å². The summed E-state index contributed by atoms with van der Waals surface area (Å²) in [5, 5.41) is 14.3. The number of hydrogen-bond acceptors (Lipinski definition) is 8. The lowest BCUT2D eigenvalue weighted by atomic mass is 10.2. The van der Waals surface area contributed by atoms with E-state index < -0.39 is 5.91 Å². The summed E-state index contributed by atoms with van der Waals surface area (Å²) in [5.74, 6) is 0.875. The molecule has 1 amide bonds. The molecule has 10 nitrogen and oxygen atoms in total. The molecule has 1 aromatic heterocycles. The molecule has 0 radical (unpaired) electrons. The second-order valence-electron chi connectivity index (χ2n) is 5.06. The highest BCUT2D eigenvalue weighted by atomic mass is 16.5. The maximum atomic E-state index is 11.7. The summed E-state index contributed by atoms with van der Waals surface area (Å²) in [5.41, 5.74) is 8.58. The molecule has 1 heterocycles. The maximum Gasteiger partial charge on any atom is 0.261 e. The number of ether oxygens (including phenoxy) is 2. The molecule has 0 saturated heterocycles. The second kappa shape index (κ2) is 7.90. The lowest BCUT2D eigenvalue weighted by molar-refractivity contribution is -0.121. The zero-order chi connectivity index (χ0) is 17.5. The summed E-state index contributed by atoms with van der Waals surface area (Å²) in [6.45, 7) is 3.74. The van der Waals surface area contributed by atoms with Crippen molar-refractivity contribution in [3.63, 3.8) is 0 Å². The third-order valence-electron chi connectivity index (χ3n) is 2.81. The van der Waals surface area contributed by atoms with Crippen molar-refractivity contribution in [2.75, 3.05) is 12.8 Å². The van der Waals surface area contributed by atoms with Crippen LogP contribution >= 0.6 is 0 Å². The summed E-state index contributed by atoms with van der Waals surface area (Å²) >= 11 is 0. The number of aromatic nitrogens is 4. The Labute approximate surface area is 138 Å². The summed E-state index contributed by atoms with van der Waals surface area (Å²) < 4.78 is 12.1. The molecule has 0 aliphatic carbocycles. The fourth-order valence-corrected chi connectivity index (χ4v) is 1.79. The van der Waals surface area contributed by atoms with Crippen molar-refractivity contribution in [1.82, 2.24) is 25.6 Å². The molecule has 0 spiro atoms. The molecule has 128 valence electrons. The SMILES string of the molecule is COc1cc(C=NNC(=O)Cn2nnnc2N)ccc1OC(C)C. The number of methoxy groups -OCH3 is 1. The van der Waals surface area contributed by atoms with Gasteiger partial charge in [-0.2, -0.15) is 5.10 Å². The zero-order valence-electron chi connectivity index (χ0n) is 13.6. The van der Waals surface area contributed by atoms with E-state index in [1.807, 2.05) is 13.8 Å². The smallest absolute Gasteiger partial charge is 0.261 e. The van der Waals surface area contributed by atoms with Crippen molar-refractivity contribution >= 4 is 18.1 Å². The van der Waals surface area contributed by atoms with Gasteiger partial charge in [0.2, 0.25) is 5.95 Å². The number of rotatable bonds is 7. The van der Waals surface area contributed by atoms with Crippen LogP contribution in [0.4, 0.5) is 5.95 Å². The Kier molecular flexibility index (Phi) is 5.66. The van der Waals surface area contributed by atoms with Crippen LogP contribution in [0, 0.1) is 0 Å². The Morgan fingerprint density at radius 3 is 2.88 bits per heavy atom. The predicted octanol–water partition coefficient (Wildman–Crippen LogP) is 0.201. The van der Waals surface area contributed by atoms with Gasteiger partial charge in [-0.25, -0.2) is 10.1 Å². The number of nitrogens with two attached hydrogens (primary N) is 1. The van der Waals surface area contributed by atoms with Gasteiger partial charge >= 0.3 is 0 Å². The van der Waals surface area contributed by atoms with Gasteiger partial charge in [-0.15, -0.1) is 0 Å². The topological polar surface area (TPSA) is 130 Å². The highest BCUT2D eigenvalue weighted by molar-refractivity contribution is 5.83. The number of benzene rings is 1. The van der Waals surface area contributed by atoms with Gasteiger partial charge in [0.25, 0.3) is 5.91 Å². The summed E-state index contributed by atoms with van der Waals surface area (Å²) in [6.07, 6.45) is 1.53. The van der Waals surface area contributed by atoms with E-state index in [1.165, 1.54) is 6.21 Å². The van der Waals surface area contributed by atoms with Gasteiger partial charge in [0.05, 0.1) is 19.4 Å². The second-order valence-corrected chi connectivity index (χ2v) is 5.06. The van der Waals surface area contributed by atoms with Crippen LogP contribution in [-0.4, -0.2) is 45.5 Å². The number of nitrogen functional groups attached to an aromatic ring is 1. The normalized spacial score (nSPS) is 11.0. The summed E-state index contributed by atoms with van der Waals surface area (Å²) in [4.78, 5) is 11.7. The number of hydrogen-bond donors (Lipinski definition) is 2. The van der Waals surface area contributed by atoms with Crippen molar-refractivity contribution in [1.29, 1.82) is 0 Å². The highest BCUT2D eigenvalue weighted by Gasteiger charge is 2.08. The van der Waals surface area contributed by atoms with Gasteiger partial charge in [-0.1, -0.05) is 5.10 Å². The van der Waals surface area contributed by atoms with E-state index in [1.54, 1.807) is 25.3 Å². The van der Waals surface area contributed by atoms with E-state index in [9.17, 15) is 4.79 Å². The Hall–Kier alpha value is -3.17. The van der Waals surface area contributed by atoms with Gasteiger partial charge in [-0.05, 0) is 48.0 Å². The molecule has 24 heavy (non-hydrogen) atoms. The average molecular weight is 333 g/mol. The molecule has 0 saturated carbocycles. The average Bonchev–Trinajstić information content (AvgIpc) is 2.93. The molecule has 0 fully saturated rings. The van der Waals surface area contributed by atoms with Crippen LogP contribution in [0.15, 0.2) is 23.3 Å². The molecule has 0 unspecified atom stereocenters. The number of anilines is 1. The minimum Gasteiger partial charge on any atom is -0.493 e. The van der Waals surface area contributed by atoms with Gasteiger partial charge in [0.15, 0.2) is 11.5 Å². The van der Waals surface area contributed by atoms with Crippen molar-refractivity contribution in [3.8, 4) is 11.5 Å². The van der Waals surface area contributed by atoms with Crippen LogP contribution < -0.4 is 20.6 Å². The van der Waals surface area contributed by atoms with E-state index in [0.29, 0.717) is 11.5 Å². The third-order valence-corrected chi connectivity index (χ3v) is 2.81. The molecule has 2 rings (SSSR count). The highest BCUT2D eigenvalue weighted by Crippen LogP contribution is 2.28. The first kappa shape index (κ1) is 17.2. The zero-order valence-corrected chi connectivity index (χ0v) is 13.6. The first-order valence-corrected chi connectivity index (χ1v) is 7.18. The van der Waals surface area contributed by atoms with E-state index in [4.69, 9.17) is 15.2 Å². The number of nitrogens with zero attached hydrogens (tertiary/aromatic N) is 5. The van der Waals surface area contributed by atoms with Crippen molar-refractivity contribution in [2.24, 2.45) is 5.10 Å². The molecule has 3 N–H and O–H groups in total. The van der Waals surface area contributed by atoms with E-state index in [2.05, 4.69) is 26.1 Å². The van der Waals surface area contributed by atoms with Crippen molar-refractivity contribution < 1.29 is 14.3 Å². The molecule has 0 aliphatic heterocycles. The number of nitrogens with one attached hydrogen (secondary N) is 1. The summed E-state index contributed by atoms with van der Waals surface area (Å²) in [6, 6.07) is 5.34. The molecule has 0 bridgehead atoms. The number of hydrazone groups is 1. The molecule has 2 aromatic rings. The van der Waals surface area contributed by atoms with Crippen LogP contribution in [-0.2, 0) is 11.3 Å². The minimum atomic E-state index is -0.406. The number of carbonyl (C=O) groups excluding carboxylic acids is 1. The van der Waals surface area contributed by atoms with E-state index in [0.717, 1.165) is 10.2 Å². The van der Waals surface area contributed by atoms with Gasteiger partial charge < -0.3 is 15.2 Å². The number of amides is 1. The number of tetrazole rings is 1. The molecule has 0 atom stereocenters. The largest absolute Gasteiger partial charge is 0.493 e. The Morgan fingerprint density at radius 2 is 2.25 bits per heavy atom. The fourth-order valence-electron chi connectivity index (χ4n) is 1.79. The van der Waals surface area contributed by atoms with Crippen LogP contribution in [0.25, 0.3) is 0 Å². The third kappa shape index (κ3) is 4.66. The van der Waals surface area contributed by atoms with Crippen LogP contribution in [0.2, 0.25) is 0 Å². The Balaban J connectivity index is 1.96. The van der Waals surface area contributed by atoms with Gasteiger partial charge in [0.1, 0.15) is 6.54 Å². The molecular formula is C14H19N7O3. The number of carbonyl (C=O) groups is 1. The first-order chi connectivity index (χ1) is 11.5. The van der Waals surface area contributed by atoms with Crippen LogP contribution in [0.3, 0.4) is 0 Å². The molecule has 1 aromatic carbocycles. The lowest BCUT2D eigenvalue weighted by Crippen LogP contribution is -2.24. The minimum absolute atomic E-state index is 0.0383. The van der Waals surface area contributed by atoms with Crippen molar-refractivity contribution in [3.05, 3.63) is 23.8 Å². The molecule has 0 aliphatic rings. The quantitative estimate of drug-likeness (QED) is 0.547. The Morgan fingerprint density at radius 1 is 1.46 bits per heavy atom. The lowest BCUT2D eigenvalue weighted by Gasteiger charge is -2.13. The van der Waals surface area contributed by atoms with E-state index >= 15 is 0 Å². The van der Waals surface area contributed by atoms with Crippen LogP contribution in [0.5, 0.6) is 11.5 Å². The van der Waals surface area contributed by atoms with E-state index in [-0.39, 0.29) is 18.6 Å². The fraction of sp³-hybridized carbons (Fsp3) is 0.357. The molecular weight excluding hydrogens is 314 g/mol. The van der Waals surface area contributed by atoms with Crippen LogP contribution in [0.1, 0.15) is 19.4 Å².